The van der Waals surface area contributed by atoms with Crippen LogP contribution in [0.1, 0.15) is 72.3 Å². The van der Waals surface area contributed by atoms with Crippen molar-refractivity contribution in [2.75, 3.05) is 12.4 Å². The van der Waals surface area contributed by atoms with E-state index in [4.69, 9.17) is 14.2 Å². The Morgan fingerprint density at radius 2 is 1.84 bits per heavy atom. The van der Waals surface area contributed by atoms with Crippen LogP contribution in [0.2, 0.25) is 0 Å². The summed E-state index contributed by atoms with van der Waals surface area (Å²) in [5.41, 5.74) is -0.793. The van der Waals surface area contributed by atoms with Gasteiger partial charge in [0, 0.05) is 30.2 Å². The third-order valence-corrected chi connectivity index (χ3v) is 10.6. The summed E-state index contributed by atoms with van der Waals surface area (Å²) in [6.07, 6.45) is 4.19. The third-order valence-electron chi connectivity index (χ3n) is 10.6. The molecule has 0 aromatic heterocycles. The zero-order valence-corrected chi connectivity index (χ0v) is 22.7. The standard InChI is InChI=1S/C30H39NO6/c1-17-31-22-10-8-7-9-20(22)29(36-17)16-18-11-12-19-21(28(18,5)25(29)33)15-23(32)24-27(19,4)13-14-30(35-6,37-24)26(2,3)34/h7-10,15,17-19,24,31,34H,11-14,16H2,1-6H3. The summed E-state index contributed by atoms with van der Waals surface area (Å²) in [6, 6.07) is 7.94. The summed E-state index contributed by atoms with van der Waals surface area (Å²) < 4.78 is 18.6. The average Bonchev–Trinajstić information content (AvgIpc) is 3.06. The Morgan fingerprint density at radius 1 is 1.11 bits per heavy atom. The molecule has 3 fully saturated rings. The summed E-state index contributed by atoms with van der Waals surface area (Å²) >= 11 is 0. The Morgan fingerprint density at radius 3 is 2.54 bits per heavy atom. The van der Waals surface area contributed by atoms with E-state index in [2.05, 4.69) is 12.2 Å². The Hall–Kier alpha value is -2.06. The number of para-hydroxylation sites is 1. The van der Waals surface area contributed by atoms with Crippen molar-refractivity contribution in [3.8, 4) is 0 Å². The maximum absolute atomic E-state index is 14.7. The van der Waals surface area contributed by atoms with Crippen LogP contribution in [0, 0.1) is 22.7 Å². The van der Waals surface area contributed by atoms with E-state index in [9.17, 15) is 14.7 Å². The number of ketones is 2. The number of methoxy groups -OCH3 is 1. The van der Waals surface area contributed by atoms with Gasteiger partial charge in [0.25, 0.3) is 0 Å². The van der Waals surface area contributed by atoms with Crippen LogP contribution < -0.4 is 5.32 Å². The van der Waals surface area contributed by atoms with Crippen LogP contribution in [-0.2, 0) is 29.4 Å². The van der Waals surface area contributed by atoms with Crippen molar-refractivity contribution in [1.82, 2.24) is 0 Å². The maximum Gasteiger partial charge on any atom is 0.197 e. The van der Waals surface area contributed by atoms with Crippen LogP contribution in [0.3, 0.4) is 0 Å². The van der Waals surface area contributed by atoms with E-state index in [0.29, 0.717) is 19.3 Å². The zero-order valence-electron chi connectivity index (χ0n) is 22.7. The molecular formula is C30H39NO6. The minimum Gasteiger partial charge on any atom is -0.385 e. The number of Topliss-reactive ketones (excluding diaryl/α,β-unsaturated/α-hetero) is 1. The fraction of sp³-hybridized carbons (Fsp3) is 0.667. The lowest BCUT2D eigenvalue weighted by Crippen LogP contribution is -2.65. The minimum absolute atomic E-state index is 0.0293. The molecule has 1 aromatic rings. The fourth-order valence-corrected chi connectivity index (χ4v) is 8.50. The van der Waals surface area contributed by atoms with Gasteiger partial charge in [-0.3, -0.25) is 9.59 Å². The van der Waals surface area contributed by atoms with Crippen LogP contribution in [-0.4, -0.2) is 47.5 Å². The lowest BCUT2D eigenvalue weighted by Gasteiger charge is -2.59. The predicted molar refractivity (Wildman–Crippen MR) is 138 cm³/mol. The molecule has 0 bridgehead atoms. The van der Waals surface area contributed by atoms with Crippen molar-refractivity contribution in [3.63, 3.8) is 0 Å². The van der Waals surface area contributed by atoms with Crippen molar-refractivity contribution in [1.29, 1.82) is 0 Å². The second kappa shape index (κ2) is 7.75. The maximum atomic E-state index is 14.7. The van der Waals surface area contributed by atoms with Gasteiger partial charge in [-0.25, -0.2) is 0 Å². The van der Waals surface area contributed by atoms with E-state index in [-0.39, 0.29) is 29.6 Å². The number of hydrogen-bond acceptors (Lipinski definition) is 7. The van der Waals surface area contributed by atoms with Gasteiger partial charge >= 0.3 is 0 Å². The molecule has 5 aliphatic rings. The number of carbonyl (C=O) groups excluding carboxylic acids is 2. The first-order valence-electron chi connectivity index (χ1n) is 13.6. The highest BCUT2D eigenvalue weighted by atomic mass is 16.7. The minimum atomic E-state index is -1.28. The topological polar surface area (TPSA) is 94.1 Å². The molecule has 37 heavy (non-hydrogen) atoms. The molecule has 6 rings (SSSR count). The van der Waals surface area contributed by atoms with Gasteiger partial charge in [0.1, 0.15) is 17.9 Å². The van der Waals surface area contributed by atoms with Gasteiger partial charge in [-0.2, -0.15) is 0 Å². The molecule has 8 atom stereocenters. The molecule has 3 aliphatic carbocycles. The van der Waals surface area contributed by atoms with E-state index in [1.807, 2.05) is 38.1 Å². The first kappa shape index (κ1) is 25.2. The number of rotatable bonds is 2. The highest BCUT2D eigenvalue weighted by Crippen LogP contribution is 2.67. The smallest absolute Gasteiger partial charge is 0.197 e. The van der Waals surface area contributed by atoms with Crippen molar-refractivity contribution >= 4 is 17.3 Å². The molecule has 0 radical (unpaired) electrons. The van der Waals surface area contributed by atoms with E-state index >= 15 is 0 Å². The summed E-state index contributed by atoms with van der Waals surface area (Å²) in [4.78, 5) is 28.4. The number of carbonyl (C=O) groups is 2. The summed E-state index contributed by atoms with van der Waals surface area (Å²) in [5, 5.41) is 14.3. The van der Waals surface area contributed by atoms with Gasteiger partial charge in [-0.05, 0) is 82.9 Å². The lowest BCUT2D eigenvalue weighted by molar-refractivity contribution is -0.351. The molecule has 2 aliphatic heterocycles. The Bertz CT molecular complexity index is 1200. The number of anilines is 1. The largest absolute Gasteiger partial charge is 0.385 e. The summed E-state index contributed by atoms with van der Waals surface area (Å²) in [7, 11) is 1.52. The van der Waals surface area contributed by atoms with Gasteiger partial charge in [0.2, 0.25) is 0 Å². The second-order valence-corrected chi connectivity index (χ2v) is 12.9. The quantitative estimate of drug-likeness (QED) is 0.607. The molecule has 1 saturated heterocycles. The highest BCUT2D eigenvalue weighted by Gasteiger charge is 2.70. The molecule has 1 spiro atoms. The first-order valence-corrected chi connectivity index (χ1v) is 13.6. The van der Waals surface area contributed by atoms with Gasteiger partial charge in [0.15, 0.2) is 23.0 Å². The van der Waals surface area contributed by atoms with Crippen LogP contribution in [0.15, 0.2) is 35.9 Å². The van der Waals surface area contributed by atoms with Gasteiger partial charge in [0.05, 0.1) is 5.41 Å². The van der Waals surface area contributed by atoms with Crippen molar-refractivity contribution in [2.24, 2.45) is 22.7 Å². The Labute approximate surface area is 218 Å². The monoisotopic (exact) mass is 509 g/mol. The van der Waals surface area contributed by atoms with Crippen LogP contribution >= 0.6 is 0 Å². The summed E-state index contributed by atoms with van der Waals surface area (Å²) in [6.45, 7) is 9.43. The highest BCUT2D eigenvalue weighted by molar-refractivity contribution is 6.03. The molecule has 2 saturated carbocycles. The van der Waals surface area contributed by atoms with Crippen molar-refractivity contribution in [2.45, 2.75) is 96.0 Å². The van der Waals surface area contributed by atoms with Gasteiger partial charge in [-0.1, -0.05) is 25.1 Å². The molecule has 200 valence electrons. The van der Waals surface area contributed by atoms with Crippen LogP contribution in [0.4, 0.5) is 5.69 Å². The van der Waals surface area contributed by atoms with Gasteiger partial charge < -0.3 is 24.6 Å². The first-order chi connectivity index (χ1) is 17.3. The zero-order chi connectivity index (χ0) is 26.6. The fourth-order valence-electron chi connectivity index (χ4n) is 8.50. The number of fused-ring (bicyclic) bond motifs is 7. The molecule has 2 heterocycles. The molecule has 8 unspecified atom stereocenters. The number of nitrogens with one attached hydrogen (secondary N) is 1. The normalized spacial score (nSPS) is 44.9. The molecule has 1 aromatic carbocycles. The van der Waals surface area contributed by atoms with E-state index < -0.39 is 33.9 Å². The molecule has 2 N–H and O–H groups in total. The lowest BCUT2D eigenvalue weighted by atomic mass is 9.50. The Balaban J connectivity index is 1.43. The van der Waals surface area contributed by atoms with Crippen LogP contribution in [0.25, 0.3) is 0 Å². The summed E-state index contributed by atoms with van der Waals surface area (Å²) in [5.74, 6) is -1.21. The molecule has 0 amide bonds. The van der Waals surface area contributed by atoms with Gasteiger partial charge in [-0.15, -0.1) is 0 Å². The van der Waals surface area contributed by atoms with Crippen LogP contribution in [0.5, 0.6) is 0 Å². The number of allylic oxidation sites excluding steroid dienone is 1. The molecule has 7 nitrogen and oxygen atoms in total. The predicted octanol–water partition coefficient (Wildman–Crippen LogP) is 4.48. The second-order valence-electron chi connectivity index (χ2n) is 12.9. The van der Waals surface area contributed by atoms with Crippen molar-refractivity contribution in [3.05, 3.63) is 41.5 Å². The Kier molecular flexibility index (Phi) is 5.28. The molecule has 7 heteroatoms. The number of ether oxygens (including phenoxy) is 3. The SMILES string of the molecule is COC1(C(C)(C)O)CCC2(C)C3CCC4CC5(OC(C)Nc6ccccc65)C(=O)C4(C)C3=CC(=O)C2O1. The number of aliphatic hydroxyl groups is 1. The average molecular weight is 510 g/mol. The third kappa shape index (κ3) is 3.09. The molecular weight excluding hydrogens is 470 g/mol. The number of hydrogen-bond donors (Lipinski definition) is 2. The van der Waals surface area contributed by atoms with E-state index in [1.165, 1.54) is 7.11 Å². The number of benzene rings is 1. The van der Waals surface area contributed by atoms with E-state index in [1.54, 1.807) is 19.9 Å². The van der Waals surface area contributed by atoms with Crippen molar-refractivity contribution < 1.29 is 28.9 Å². The van der Waals surface area contributed by atoms with E-state index in [0.717, 1.165) is 29.7 Å².